The van der Waals surface area contributed by atoms with Gasteiger partial charge in [0.15, 0.2) is 6.04 Å². The number of nitrogens with one attached hydrogen (secondary N) is 2. The zero-order chi connectivity index (χ0) is 26.3. The van der Waals surface area contributed by atoms with Crippen LogP contribution < -0.4 is 5.32 Å². The summed E-state index contributed by atoms with van der Waals surface area (Å²) in [5.74, 6) is -2.15. The third-order valence-electron chi connectivity index (χ3n) is 6.52. The van der Waals surface area contributed by atoms with Crippen LogP contribution in [-0.4, -0.2) is 70.1 Å². The van der Waals surface area contributed by atoms with E-state index in [0.29, 0.717) is 22.0 Å². The Balaban J connectivity index is 1.63. The van der Waals surface area contributed by atoms with E-state index < -0.39 is 36.3 Å². The number of ether oxygens (including phenoxy) is 1. The smallest absolute Gasteiger partial charge is 0.330 e. The van der Waals surface area contributed by atoms with Crippen LogP contribution in [0.3, 0.4) is 0 Å². The van der Waals surface area contributed by atoms with Gasteiger partial charge in [0.1, 0.15) is 6.54 Å². The van der Waals surface area contributed by atoms with Crippen molar-refractivity contribution in [3.05, 3.63) is 72.1 Å². The number of aromatic nitrogens is 2. The number of H-pyrrole nitrogens is 1. The zero-order valence-corrected chi connectivity index (χ0v) is 20.1. The number of methoxy groups -OCH3 is 1. The average molecular weight is 501 g/mol. The molecule has 0 spiro atoms. The van der Waals surface area contributed by atoms with Gasteiger partial charge in [-0.05, 0) is 12.1 Å². The number of amides is 3. The van der Waals surface area contributed by atoms with Gasteiger partial charge in [-0.1, -0.05) is 36.4 Å². The minimum atomic E-state index is -1.20. The molecule has 0 fully saturated rings. The van der Waals surface area contributed by atoms with Gasteiger partial charge in [0.2, 0.25) is 5.91 Å². The number of carbonyl (C=O) groups is 4. The lowest BCUT2D eigenvalue weighted by atomic mass is 9.95. The highest BCUT2D eigenvalue weighted by atomic mass is 16.5. The van der Waals surface area contributed by atoms with Crippen molar-refractivity contribution in [3.8, 4) is 0 Å². The van der Waals surface area contributed by atoms with E-state index in [9.17, 15) is 24.3 Å². The van der Waals surface area contributed by atoms with Gasteiger partial charge in [0, 0.05) is 52.4 Å². The minimum Gasteiger partial charge on any atom is -0.467 e. The van der Waals surface area contributed by atoms with Gasteiger partial charge in [-0.25, -0.2) is 4.79 Å². The number of esters is 1. The molecule has 0 aliphatic carbocycles. The third-order valence-corrected chi connectivity index (χ3v) is 6.52. The fraction of sp³-hybridized carbons (Fsp3) is 0.185. The normalized spacial score (nSPS) is 14.6. The minimum absolute atomic E-state index is 0.193. The average Bonchev–Trinajstić information content (AvgIpc) is 3.56. The number of likely N-dealkylation sites (N-methyl/N-ethyl adjacent to an activating group) is 1. The molecular formula is C27H24N4O6. The van der Waals surface area contributed by atoms with Crippen LogP contribution in [0.1, 0.15) is 11.1 Å². The number of carbonyl (C=O) groups excluding carboxylic acids is 4. The van der Waals surface area contributed by atoms with Gasteiger partial charge in [-0.3, -0.25) is 19.3 Å². The number of rotatable bonds is 7. The van der Waals surface area contributed by atoms with Gasteiger partial charge in [0.25, 0.3) is 11.8 Å². The van der Waals surface area contributed by atoms with Crippen molar-refractivity contribution in [2.75, 3.05) is 20.8 Å². The molecule has 1 aliphatic heterocycles. The number of aliphatic hydroxyl groups excluding tert-OH is 1. The molecule has 0 unspecified atom stereocenters. The Morgan fingerprint density at radius 3 is 2.35 bits per heavy atom. The first-order valence-corrected chi connectivity index (χ1v) is 11.5. The Morgan fingerprint density at radius 1 is 1.00 bits per heavy atom. The van der Waals surface area contributed by atoms with E-state index in [2.05, 4.69) is 15.0 Å². The maximum Gasteiger partial charge on any atom is 0.330 e. The van der Waals surface area contributed by atoms with Gasteiger partial charge < -0.3 is 24.7 Å². The van der Waals surface area contributed by atoms with Gasteiger partial charge in [-0.2, -0.15) is 0 Å². The van der Waals surface area contributed by atoms with Crippen molar-refractivity contribution in [3.63, 3.8) is 0 Å². The Hall–Kier alpha value is -4.70. The molecule has 4 aromatic rings. The Morgan fingerprint density at radius 2 is 1.65 bits per heavy atom. The summed E-state index contributed by atoms with van der Waals surface area (Å²) in [5, 5.41) is 13.4. The van der Waals surface area contributed by atoms with E-state index >= 15 is 0 Å². The van der Waals surface area contributed by atoms with Crippen molar-refractivity contribution < 1.29 is 29.0 Å². The van der Waals surface area contributed by atoms with Crippen molar-refractivity contribution in [1.29, 1.82) is 0 Å². The van der Waals surface area contributed by atoms with Crippen LogP contribution in [0.5, 0.6) is 0 Å². The fourth-order valence-electron chi connectivity index (χ4n) is 4.71. The summed E-state index contributed by atoms with van der Waals surface area (Å²) in [4.78, 5) is 55.5. The summed E-state index contributed by atoms with van der Waals surface area (Å²) in [6.45, 7) is -0.804. The first-order chi connectivity index (χ1) is 17.8. The highest BCUT2D eigenvalue weighted by molar-refractivity contribution is 6.50. The highest BCUT2D eigenvalue weighted by Crippen LogP contribution is 2.40. The van der Waals surface area contributed by atoms with Crippen LogP contribution >= 0.6 is 0 Å². The van der Waals surface area contributed by atoms with Crippen molar-refractivity contribution >= 4 is 56.6 Å². The highest BCUT2D eigenvalue weighted by Gasteiger charge is 2.39. The first-order valence-electron chi connectivity index (χ1n) is 11.5. The Bertz CT molecular complexity index is 1610. The maximum atomic E-state index is 13.4. The van der Waals surface area contributed by atoms with Gasteiger partial charge >= 0.3 is 5.97 Å². The SMILES string of the molecule is COC(=O)[C@H](CO)NC(=O)Cn1cc(C2=C(c3c[nH]c4ccccc34)C(=O)N(C)C2=O)c2ccccc21. The van der Waals surface area contributed by atoms with E-state index in [1.165, 1.54) is 14.2 Å². The van der Waals surface area contributed by atoms with Crippen LogP contribution in [0.15, 0.2) is 60.9 Å². The van der Waals surface area contributed by atoms with Crippen LogP contribution in [-0.2, 0) is 30.5 Å². The number of benzene rings is 2. The fourth-order valence-corrected chi connectivity index (χ4v) is 4.71. The van der Waals surface area contributed by atoms with Gasteiger partial charge in [-0.15, -0.1) is 0 Å². The summed E-state index contributed by atoms with van der Waals surface area (Å²) in [6.07, 6.45) is 3.38. The van der Waals surface area contributed by atoms with E-state index in [1.807, 2.05) is 36.4 Å². The maximum absolute atomic E-state index is 13.4. The van der Waals surface area contributed by atoms with E-state index in [1.54, 1.807) is 29.1 Å². The molecule has 3 N–H and O–H groups in total. The second-order valence-electron chi connectivity index (χ2n) is 8.68. The third kappa shape index (κ3) is 3.97. The monoisotopic (exact) mass is 500 g/mol. The Kier molecular flexibility index (Phi) is 6.10. The van der Waals surface area contributed by atoms with Crippen molar-refractivity contribution in [1.82, 2.24) is 19.8 Å². The largest absolute Gasteiger partial charge is 0.467 e. The van der Waals surface area contributed by atoms with E-state index in [-0.39, 0.29) is 17.7 Å². The number of para-hydroxylation sites is 2. The number of aliphatic hydroxyl groups is 1. The molecule has 5 rings (SSSR count). The van der Waals surface area contributed by atoms with Crippen LogP contribution in [0.25, 0.3) is 33.0 Å². The van der Waals surface area contributed by atoms with E-state index in [4.69, 9.17) is 0 Å². The summed E-state index contributed by atoms with van der Waals surface area (Å²) in [5.41, 5.74) is 3.15. The molecule has 0 radical (unpaired) electrons. The molecule has 3 heterocycles. The number of nitrogens with zero attached hydrogens (tertiary/aromatic N) is 2. The molecule has 10 heteroatoms. The van der Waals surface area contributed by atoms with Crippen LogP contribution in [0.2, 0.25) is 0 Å². The van der Waals surface area contributed by atoms with Crippen LogP contribution in [0.4, 0.5) is 0 Å². The summed E-state index contributed by atoms with van der Waals surface area (Å²) >= 11 is 0. The number of fused-ring (bicyclic) bond motifs is 2. The molecule has 10 nitrogen and oxygen atoms in total. The number of aromatic amines is 1. The molecule has 0 bridgehead atoms. The standard InChI is InChI=1S/C27H24N4O6/c1-30-25(34)23(17-11-28-19-9-5-3-7-15(17)19)24(26(30)35)18-12-31(21-10-6-4-8-16(18)21)13-22(33)29-20(14-32)27(36)37-2/h3-12,20,28,32H,13-14H2,1-2H3,(H,29,33)/t20-/m0/s1. The second-order valence-corrected chi connectivity index (χ2v) is 8.68. The summed E-state index contributed by atoms with van der Waals surface area (Å²) < 4.78 is 6.24. The Labute approximate surface area is 211 Å². The van der Waals surface area contributed by atoms with Gasteiger partial charge in [0.05, 0.1) is 24.9 Å². The number of hydrogen-bond acceptors (Lipinski definition) is 6. The van der Waals surface area contributed by atoms with Crippen molar-refractivity contribution in [2.45, 2.75) is 12.6 Å². The molecule has 1 aliphatic rings. The number of hydrogen-bond donors (Lipinski definition) is 3. The predicted molar refractivity (Wildman–Crippen MR) is 136 cm³/mol. The lowest BCUT2D eigenvalue weighted by molar-refractivity contribution is -0.146. The molecular weight excluding hydrogens is 476 g/mol. The quantitative estimate of drug-likeness (QED) is 0.261. The lowest BCUT2D eigenvalue weighted by Gasteiger charge is -2.14. The molecule has 2 aromatic heterocycles. The number of imide groups is 1. The van der Waals surface area contributed by atoms with Crippen LogP contribution in [0, 0.1) is 0 Å². The molecule has 1 atom stereocenters. The molecule has 37 heavy (non-hydrogen) atoms. The zero-order valence-electron chi connectivity index (χ0n) is 20.1. The topological polar surface area (TPSA) is 134 Å². The van der Waals surface area contributed by atoms with E-state index in [0.717, 1.165) is 15.8 Å². The first kappa shape index (κ1) is 24.0. The van der Waals surface area contributed by atoms with Crippen molar-refractivity contribution in [2.24, 2.45) is 0 Å². The molecule has 0 saturated heterocycles. The molecule has 2 aromatic carbocycles. The predicted octanol–water partition coefficient (Wildman–Crippen LogP) is 1.68. The molecule has 0 saturated carbocycles. The molecule has 188 valence electrons. The summed E-state index contributed by atoms with van der Waals surface area (Å²) in [7, 11) is 2.61. The second kappa shape index (κ2) is 9.40. The summed E-state index contributed by atoms with van der Waals surface area (Å²) in [6, 6.07) is 13.6. The molecule has 3 amide bonds. The lowest BCUT2D eigenvalue weighted by Crippen LogP contribution is -2.45.